The second kappa shape index (κ2) is 5.92. The second-order valence-electron chi connectivity index (χ2n) is 5.68. The van der Waals surface area contributed by atoms with E-state index in [1.807, 2.05) is 20.8 Å². The van der Waals surface area contributed by atoms with E-state index in [2.05, 4.69) is 10.5 Å². The maximum atomic E-state index is 12.2. The first-order chi connectivity index (χ1) is 8.55. The molecule has 0 unspecified atom stereocenters. The molecule has 1 rings (SSSR count). The van der Waals surface area contributed by atoms with Gasteiger partial charge in [0.15, 0.2) is 5.76 Å². The number of rotatable bonds is 5. The lowest BCUT2D eigenvalue weighted by molar-refractivity contribution is -0.144. The summed E-state index contributed by atoms with van der Waals surface area (Å²) in [5, 5.41) is 7.05. The molecule has 110 valence electrons. The predicted octanol–water partition coefficient (Wildman–Crippen LogP) is 2.56. The number of nitrogens with zero attached hydrogens (tertiary/aromatic N) is 2. The molecule has 0 saturated heterocycles. The van der Waals surface area contributed by atoms with E-state index in [1.54, 1.807) is 6.07 Å². The molecule has 0 bridgehead atoms. The van der Waals surface area contributed by atoms with Crippen molar-refractivity contribution in [1.82, 2.24) is 15.4 Å². The molecule has 0 aromatic carbocycles. The molecule has 0 spiro atoms. The lowest BCUT2D eigenvalue weighted by Crippen LogP contribution is -2.35. The minimum absolute atomic E-state index is 0.0494. The second-order valence-corrected chi connectivity index (χ2v) is 5.68. The van der Waals surface area contributed by atoms with Gasteiger partial charge in [-0.3, -0.25) is 4.90 Å². The summed E-state index contributed by atoms with van der Waals surface area (Å²) < 4.78 is 41.5. The summed E-state index contributed by atoms with van der Waals surface area (Å²) in [6.07, 6.45) is -4.20. The SMILES string of the molecule is CN(Cc1cc(CNC(C)(C)C)no1)CC(F)(F)F. The van der Waals surface area contributed by atoms with Gasteiger partial charge < -0.3 is 9.84 Å². The van der Waals surface area contributed by atoms with Gasteiger partial charge in [0.25, 0.3) is 0 Å². The molecule has 1 heterocycles. The number of alkyl halides is 3. The molecule has 0 aliphatic heterocycles. The predicted molar refractivity (Wildman–Crippen MR) is 65.5 cm³/mol. The van der Waals surface area contributed by atoms with Gasteiger partial charge in [-0.1, -0.05) is 5.16 Å². The quantitative estimate of drug-likeness (QED) is 0.899. The minimum atomic E-state index is -4.20. The van der Waals surface area contributed by atoms with Gasteiger partial charge >= 0.3 is 6.18 Å². The fourth-order valence-electron chi connectivity index (χ4n) is 1.50. The number of aromatic nitrogens is 1. The van der Waals surface area contributed by atoms with Crippen molar-refractivity contribution in [2.75, 3.05) is 13.6 Å². The van der Waals surface area contributed by atoms with Crippen LogP contribution in [0.1, 0.15) is 32.2 Å². The Balaban J connectivity index is 2.46. The van der Waals surface area contributed by atoms with Crippen LogP contribution in [0, 0.1) is 0 Å². The van der Waals surface area contributed by atoms with Gasteiger partial charge in [-0.15, -0.1) is 0 Å². The van der Waals surface area contributed by atoms with Gasteiger partial charge in [-0.05, 0) is 27.8 Å². The van der Waals surface area contributed by atoms with Crippen molar-refractivity contribution in [3.05, 3.63) is 17.5 Å². The van der Waals surface area contributed by atoms with E-state index in [1.165, 1.54) is 7.05 Å². The van der Waals surface area contributed by atoms with Crippen LogP contribution in [-0.4, -0.2) is 35.4 Å². The molecule has 1 aromatic heterocycles. The summed E-state index contributed by atoms with van der Waals surface area (Å²) in [7, 11) is 1.39. The van der Waals surface area contributed by atoms with Gasteiger partial charge in [-0.2, -0.15) is 13.2 Å². The molecule has 19 heavy (non-hydrogen) atoms. The Kier molecular flexibility index (Phi) is 4.98. The van der Waals surface area contributed by atoms with Crippen molar-refractivity contribution in [2.24, 2.45) is 0 Å². The van der Waals surface area contributed by atoms with Crippen LogP contribution in [0.15, 0.2) is 10.6 Å². The van der Waals surface area contributed by atoms with Crippen molar-refractivity contribution in [3.63, 3.8) is 0 Å². The van der Waals surface area contributed by atoms with E-state index in [9.17, 15) is 13.2 Å². The highest BCUT2D eigenvalue weighted by molar-refractivity contribution is 5.05. The average Bonchev–Trinajstić information content (AvgIpc) is 2.58. The Hall–Kier alpha value is -1.08. The fourth-order valence-corrected chi connectivity index (χ4v) is 1.50. The highest BCUT2D eigenvalue weighted by Crippen LogP contribution is 2.17. The van der Waals surface area contributed by atoms with E-state index in [0.717, 1.165) is 4.90 Å². The summed E-state index contributed by atoms with van der Waals surface area (Å²) in [5.41, 5.74) is 0.636. The Morgan fingerprint density at radius 3 is 2.47 bits per heavy atom. The normalized spacial score (nSPS) is 13.3. The lowest BCUT2D eigenvalue weighted by Gasteiger charge is -2.19. The fraction of sp³-hybridized carbons (Fsp3) is 0.750. The largest absolute Gasteiger partial charge is 0.401 e. The molecule has 0 aliphatic carbocycles. The number of hydrogen-bond acceptors (Lipinski definition) is 4. The van der Waals surface area contributed by atoms with Gasteiger partial charge in [-0.25, -0.2) is 0 Å². The summed E-state index contributed by atoms with van der Waals surface area (Å²) in [5.74, 6) is 0.428. The molecule has 0 amide bonds. The first-order valence-corrected chi connectivity index (χ1v) is 6.00. The topological polar surface area (TPSA) is 41.3 Å². The van der Waals surface area contributed by atoms with Gasteiger partial charge in [0.2, 0.25) is 0 Å². The standard InChI is InChI=1S/C12H20F3N3O/c1-11(2,3)16-6-9-5-10(19-17-9)7-18(4)8-12(13,14)15/h5,16H,6-8H2,1-4H3. The maximum Gasteiger partial charge on any atom is 0.401 e. The van der Waals surface area contributed by atoms with Crippen LogP contribution in [0.3, 0.4) is 0 Å². The first-order valence-electron chi connectivity index (χ1n) is 6.00. The van der Waals surface area contributed by atoms with Crippen LogP contribution in [0.5, 0.6) is 0 Å². The van der Waals surface area contributed by atoms with Crippen LogP contribution in [0.4, 0.5) is 13.2 Å². The Bertz CT molecular complexity index is 396. The van der Waals surface area contributed by atoms with Gasteiger partial charge in [0, 0.05) is 18.2 Å². The summed E-state index contributed by atoms with van der Waals surface area (Å²) in [6, 6.07) is 1.67. The molecule has 4 nitrogen and oxygen atoms in total. The van der Waals surface area contributed by atoms with Crippen LogP contribution < -0.4 is 5.32 Å². The monoisotopic (exact) mass is 279 g/mol. The van der Waals surface area contributed by atoms with Crippen LogP contribution in [-0.2, 0) is 13.1 Å². The average molecular weight is 279 g/mol. The number of hydrogen-bond donors (Lipinski definition) is 1. The van der Waals surface area contributed by atoms with E-state index in [-0.39, 0.29) is 12.1 Å². The molecule has 0 saturated carbocycles. The maximum absolute atomic E-state index is 12.2. The number of nitrogens with one attached hydrogen (secondary N) is 1. The molecular formula is C12H20F3N3O. The highest BCUT2D eigenvalue weighted by atomic mass is 19.4. The molecule has 7 heteroatoms. The van der Waals surface area contributed by atoms with Crippen molar-refractivity contribution < 1.29 is 17.7 Å². The third-order valence-corrected chi connectivity index (χ3v) is 2.28. The van der Waals surface area contributed by atoms with Gasteiger partial charge in [0.1, 0.15) is 0 Å². The molecule has 1 N–H and O–H groups in total. The van der Waals surface area contributed by atoms with Crippen LogP contribution in [0.25, 0.3) is 0 Å². The molecule has 0 radical (unpaired) electrons. The third kappa shape index (κ3) is 7.17. The van der Waals surface area contributed by atoms with Gasteiger partial charge in [0.05, 0.1) is 18.8 Å². The summed E-state index contributed by atoms with van der Waals surface area (Å²) >= 11 is 0. The highest BCUT2D eigenvalue weighted by Gasteiger charge is 2.29. The van der Waals surface area contributed by atoms with E-state index < -0.39 is 12.7 Å². The van der Waals surface area contributed by atoms with Crippen molar-refractivity contribution in [3.8, 4) is 0 Å². The van der Waals surface area contributed by atoms with E-state index in [4.69, 9.17) is 4.52 Å². The third-order valence-electron chi connectivity index (χ3n) is 2.28. The molecular weight excluding hydrogens is 259 g/mol. The molecule has 1 aromatic rings. The first kappa shape index (κ1) is 16.0. The summed E-state index contributed by atoms with van der Waals surface area (Å²) in [4.78, 5) is 1.14. The molecule has 0 aliphatic rings. The minimum Gasteiger partial charge on any atom is -0.360 e. The molecule has 0 fully saturated rings. The Labute approximate surface area is 110 Å². The molecule has 0 atom stereocenters. The van der Waals surface area contributed by atoms with Crippen molar-refractivity contribution in [1.29, 1.82) is 0 Å². The Morgan fingerprint density at radius 1 is 1.32 bits per heavy atom. The number of halogens is 3. The van der Waals surface area contributed by atoms with Crippen LogP contribution >= 0.6 is 0 Å². The van der Waals surface area contributed by atoms with E-state index >= 15 is 0 Å². The van der Waals surface area contributed by atoms with Crippen molar-refractivity contribution >= 4 is 0 Å². The van der Waals surface area contributed by atoms with E-state index in [0.29, 0.717) is 18.0 Å². The Morgan fingerprint density at radius 2 is 1.95 bits per heavy atom. The zero-order chi connectivity index (χ0) is 14.7. The van der Waals surface area contributed by atoms with Crippen LogP contribution in [0.2, 0.25) is 0 Å². The summed E-state index contributed by atoms with van der Waals surface area (Å²) in [6.45, 7) is 5.70. The van der Waals surface area contributed by atoms with Crippen molar-refractivity contribution in [2.45, 2.75) is 45.6 Å². The zero-order valence-electron chi connectivity index (χ0n) is 11.6. The smallest absolute Gasteiger partial charge is 0.360 e. The zero-order valence-corrected chi connectivity index (χ0v) is 11.6. The lowest BCUT2D eigenvalue weighted by atomic mass is 10.1.